The zero-order valence-electron chi connectivity index (χ0n) is 8.69. The van der Waals surface area contributed by atoms with Crippen molar-refractivity contribution in [1.29, 1.82) is 0 Å². The minimum absolute atomic E-state index is 0.102. The van der Waals surface area contributed by atoms with Gasteiger partial charge in [0.1, 0.15) is 6.61 Å². The van der Waals surface area contributed by atoms with E-state index < -0.39 is 7.25 Å². The maximum Gasteiger partial charge on any atom is 0.673 e. The van der Waals surface area contributed by atoms with Crippen molar-refractivity contribution in [2.24, 2.45) is 0 Å². The molecule has 0 fully saturated rings. The van der Waals surface area contributed by atoms with Gasteiger partial charge in [0, 0.05) is 0 Å². The normalized spacial score (nSPS) is 11.1. The molecule has 0 saturated heterocycles. The van der Waals surface area contributed by atoms with Gasteiger partial charge in [0.05, 0.1) is 5.39 Å². The monoisotopic (exact) mass is 251 g/mol. The summed E-state index contributed by atoms with van der Waals surface area (Å²) >= 11 is 0. The smallest absolute Gasteiger partial charge is 0.418 e. The van der Waals surface area contributed by atoms with Gasteiger partial charge >= 0.3 is 7.25 Å². The highest BCUT2D eigenvalue weighted by Crippen LogP contribution is 2.09. The van der Waals surface area contributed by atoms with Gasteiger partial charge in [0.15, 0.2) is 0 Å². The van der Waals surface area contributed by atoms with Crippen LogP contribution in [0.15, 0.2) is 35.0 Å². The first-order chi connectivity index (χ1) is 7.90. The van der Waals surface area contributed by atoms with E-state index in [1.165, 1.54) is 0 Å². The first kappa shape index (κ1) is 13.5. The third kappa shape index (κ3) is 5.35. The van der Waals surface area contributed by atoms with Crippen LogP contribution in [0.2, 0.25) is 0 Å². The maximum atomic E-state index is 9.75. The number of benzene rings is 1. The lowest BCUT2D eigenvalue weighted by Crippen LogP contribution is -2.32. The van der Waals surface area contributed by atoms with E-state index in [-0.39, 0.29) is 6.61 Å². The van der Waals surface area contributed by atoms with Crippen LogP contribution in [0.1, 0.15) is 0 Å². The molecule has 17 heavy (non-hydrogen) atoms. The molecular weight excluding hydrogens is 241 g/mol. The largest absolute Gasteiger partial charge is 0.673 e. The lowest BCUT2D eigenvalue weighted by atomic mass is 10.3. The van der Waals surface area contributed by atoms with Gasteiger partial charge < -0.3 is 22.4 Å². The van der Waals surface area contributed by atoms with Crippen molar-refractivity contribution >= 4 is 18.2 Å². The van der Waals surface area contributed by atoms with E-state index >= 15 is 0 Å². The Morgan fingerprint density at radius 3 is 2.29 bits per heavy atom. The van der Waals surface area contributed by atoms with Crippen LogP contribution in [-0.4, -0.2) is 19.0 Å². The van der Waals surface area contributed by atoms with Crippen LogP contribution < -0.4 is 4.74 Å². The van der Waals surface area contributed by atoms with Crippen LogP contribution in [0.25, 0.3) is 11.0 Å². The SMILES string of the molecule is F[B-](F)(F)F.OCC[n+]1cc2ccccc2o1. The quantitative estimate of drug-likeness (QED) is 0.503. The molecule has 0 spiro atoms. The predicted octanol–water partition coefficient (Wildman–Crippen LogP) is 2.01. The number of hydrogen-bond acceptors (Lipinski definition) is 2. The summed E-state index contributed by atoms with van der Waals surface area (Å²) in [5.74, 6) is 0. The number of aliphatic hydroxyl groups excluding tert-OH is 1. The second-order valence-corrected chi connectivity index (χ2v) is 3.12. The van der Waals surface area contributed by atoms with Crippen molar-refractivity contribution in [3.8, 4) is 0 Å². The second kappa shape index (κ2) is 5.67. The number of rotatable bonds is 2. The van der Waals surface area contributed by atoms with Gasteiger partial charge in [0.2, 0.25) is 18.3 Å². The van der Waals surface area contributed by atoms with Crippen molar-refractivity contribution in [3.05, 3.63) is 30.5 Å². The molecule has 0 bridgehead atoms. The van der Waals surface area contributed by atoms with E-state index in [4.69, 9.17) is 9.63 Å². The van der Waals surface area contributed by atoms with Gasteiger partial charge in [-0.25, -0.2) is 4.52 Å². The van der Waals surface area contributed by atoms with Crippen molar-refractivity contribution in [3.63, 3.8) is 0 Å². The number of hydrogen-bond donors (Lipinski definition) is 1. The maximum absolute atomic E-state index is 9.75. The molecule has 2 aromatic rings. The fraction of sp³-hybridized carbons (Fsp3) is 0.222. The molecule has 0 aliphatic heterocycles. The average Bonchev–Trinajstić information content (AvgIpc) is 2.57. The highest BCUT2D eigenvalue weighted by Gasteiger charge is 2.20. The summed E-state index contributed by atoms with van der Waals surface area (Å²) in [5, 5.41) is 9.73. The van der Waals surface area contributed by atoms with Gasteiger partial charge in [-0.3, -0.25) is 0 Å². The van der Waals surface area contributed by atoms with Crippen LogP contribution in [0.5, 0.6) is 0 Å². The number of nitrogens with zero attached hydrogens (tertiary/aromatic N) is 1. The van der Waals surface area contributed by atoms with Gasteiger partial charge in [0.25, 0.3) is 0 Å². The van der Waals surface area contributed by atoms with E-state index in [9.17, 15) is 17.3 Å². The number of aliphatic hydroxyl groups is 1. The van der Waals surface area contributed by atoms with Crippen molar-refractivity contribution in [1.82, 2.24) is 0 Å². The van der Waals surface area contributed by atoms with Gasteiger partial charge in [-0.05, 0) is 16.9 Å². The molecule has 3 nitrogen and oxygen atoms in total. The third-order valence-corrected chi connectivity index (χ3v) is 1.74. The highest BCUT2D eigenvalue weighted by atomic mass is 19.5. The van der Waals surface area contributed by atoms with Crippen molar-refractivity contribution in [2.75, 3.05) is 6.61 Å². The minimum Gasteiger partial charge on any atom is -0.418 e. The number of fused-ring (bicyclic) bond motifs is 1. The van der Waals surface area contributed by atoms with Crippen LogP contribution in [0.3, 0.4) is 0 Å². The molecule has 2 rings (SSSR count). The average molecular weight is 251 g/mol. The fourth-order valence-corrected chi connectivity index (χ4v) is 1.19. The van der Waals surface area contributed by atoms with E-state index in [1.54, 1.807) is 4.74 Å². The Balaban J connectivity index is 0.000000249. The van der Waals surface area contributed by atoms with E-state index in [2.05, 4.69) is 0 Å². The Bertz CT molecular complexity index is 432. The molecule has 1 heterocycles. The summed E-state index contributed by atoms with van der Waals surface area (Å²) in [6.07, 6.45) is 1.88. The molecule has 0 radical (unpaired) electrons. The third-order valence-electron chi connectivity index (χ3n) is 1.74. The van der Waals surface area contributed by atoms with E-state index in [1.807, 2.05) is 30.5 Å². The van der Waals surface area contributed by atoms with Crippen LogP contribution in [0.4, 0.5) is 17.3 Å². The molecule has 0 aliphatic carbocycles. The highest BCUT2D eigenvalue weighted by molar-refractivity contribution is 6.50. The van der Waals surface area contributed by atoms with E-state index in [0.717, 1.165) is 11.0 Å². The molecular formula is C9H10BF4NO2. The Morgan fingerprint density at radius 1 is 1.18 bits per heavy atom. The topological polar surface area (TPSA) is 37.2 Å². The first-order valence-electron chi connectivity index (χ1n) is 4.77. The first-order valence-corrected chi connectivity index (χ1v) is 4.77. The Hall–Kier alpha value is -1.57. The second-order valence-electron chi connectivity index (χ2n) is 3.12. The van der Waals surface area contributed by atoms with Crippen LogP contribution in [-0.2, 0) is 6.54 Å². The van der Waals surface area contributed by atoms with Gasteiger partial charge in [-0.2, -0.15) is 0 Å². The zero-order chi connectivity index (χ0) is 12.9. The van der Waals surface area contributed by atoms with Crippen molar-refractivity contribution < 1.29 is 31.6 Å². The summed E-state index contributed by atoms with van der Waals surface area (Å²) < 4.78 is 46.0. The molecule has 0 saturated carbocycles. The number of aromatic nitrogens is 1. The van der Waals surface area contributed by atoms with Gasteiger partial charge in [-0.1, -0.05) is 12.1 Å². The summed E-state index contributed by atoms with van der Waals surface area (Å²) in [6.45, 7) is 0.610. The predicted molar refractivity (Wildman–Crippen MR) is 53.7 cm³/mol. The standard InChI is InChI=1S/C9H10NO2.BF4/c11-6-5-10-7-8-3-1-2-4-9(8)12-10;2-1(3,4)5/h1-4,7,11H,5-6H2;/q+1;-1. The Kier molecular flexibility index (Phi) is 4.50. The summed E-state index contributed by atoms with van der Waals surface area (Å²) in [4.78, 5) is 0. The van der Waals surface area contributed by atoms with Crippen molar-refractivity contribution in [2.45, 2.75) is 6.54 Å². The van der Waals surface area contributed by atoms with Gasteiger partial charge in [-0.15, -0.1) is 0 Å². The lowest BCUT2D eigenvalue weighted by Gasteiger charge is -1.94. The molecule has 0 atom stereocenters. The molecule has 94 valence electrons. The number of para-hydroxylation sites is 1. The van der Waals surface area contributed by atoms with Crippen LogP contribution in [0, 0.1) is 0 Å². The molecule has 0 unspecified atom stereocenters. The molecule has 1 N–H and O–H groups in total. The molecule has 0 amide bonds. The molecule has 0 aliphatic rings. The Morgan fingerprint density at radius 2 is 1.76 bits per heavy atom. The summed E-state index contributed by atoms with van der Waals surface area (Å²) in [7, 11) is -6.00. The molecule has 1 aromatic heterocycles. The molecule has 1 aromatic carbocycles. The lowest BCUT2D eigenvalue weighted by molar-refractivity contribution is -0.860. The summed E-state index contributed by atoms with van der Waals surface area (Å²) in [5.41, 5.74) is 0.853. The van der Waals surface area contributed by atoms with E-state index in [0.29, 0.717) is 6.54 Å². The number of halogens is 4. The molecule has 8 heteroatoms. The fourth-order valence-electron chi connectivity index (χ4n) is 1.19. The zero-order valence-corrected chi connectivity index (χ0v) is 8.69. The minimum atomic E-state index is -6.00. The summed E-state index contributed by atoms with van der Waals surface area (Å²) in [6, 6.07) is 7.77. The van der Waals surface area contributed by atoms with Crippen LogP contribution >= 0.6 is 0 Å². The Labute approximate surface area is 94.3 Å².